The molecule has 1 aliphatic heterocycles. The van der Waals surface area contributed by atoms with Gasteiger partial charge in [0.25, 0.3) is 11.8 Å². The summed E-state index contributed by atoms with van der Waals surface area (Å²) in [5, 5.41) is 7.13. The van der Waals surface area contributed by atoms with Gasteiger partial charge in [-0.3, -0.25) is 14.3 Å². The fourth-order valence-electron chi connectivity index (χ4n) is 3.80. The summed E-state index contributed by atoms with van der Waals surface area (Å²) in [6, 6.07) is 13.3. The molecule has 0 bridgehead atoms. The minimum atomic E-state index is -0.346. The number of carbonyl (C=O) groups excluding carboxylic acids is 2. The summed E-state index contributed by atoms with van der Waals surface area (Å²) in [7, 11) is 3.15. The van der Waals surface area contributed by atoms with Gasteiger partial charge in [0.2, 0.25) is 0 Å². The Hall–Kier alpha value is -3.88. The molecule has 0 atom stereocenters. The van der Waals surface area contributed by atoms with Crippen molar-refractivity contribution in [1.29, 1.82) is 0 Å². The number of nitrogens with one attached hydrogen (secondary N) is 1. The van der Waals surface area contributed by atoms with Crippen molar-refractivity contribution in [1.82, 2.24) is 20.0 Å². The van der Waals surface area contributed by atoms with Gasteiger partial charge in [0.1, 0.15) is 11.5 Å². The number of methoxy groups -OCH3 is 2. The normalized spacial score (nSPS) is 12.9. The van der Waals surface area contributed by atoms with Crippen molar-refractivity contribution < 1.29 is 23.5 Å². The number of benzene rings is 2. The summed E-state index contributed by atoms with van der Waals surface area (Å²) in [6.45, 7) is 1.60. The van der Waals surface area contributed by atoms with E-state index < -0.39 is 0 Å². The lowest BCUT2D eigenvalue weighted by atomic mass is 10.1. The van der Waals surface area contributed by atoms with Crippen molar-refractivity contribution in [3.63, 3.8) is 0 Å². The molecule has 8 nitrogen and oxygen atoms in total. The highest BCUT2D eigenvalue weighted by molar-refractivity contribution is 5.98. The summed E-state index contributed by atoms with van der Waals surface area (Å²) in [6.07, 6.45) is 0.597. The van der Waals surface area contributed by atoms with Crippen LogP contribution in [0.25, 0.3) is 0 Å². The third-order valence-electron chi connectivity index (χ3n) is 5.51. The zero-order valence-electron chi connectivity index (χ0n) is 18.5. The summed E-state index contributed by atoms with van der Waals surface area (Å²) in [4.78, 5) is 27.1. The van der Waals surface area contributed by atoms with Crippen molar-refractivity contribution in [2.75, 3.05) is 27.3 Å². The van der Waals surface area contributed by atoms with Gasteiger partial charge in [-0.15, -0.1) is 0 Å². The Bertz CT molecular complexity index is 1180. The molecule has 9 heteroatoms. The van der Waals surface area contributed by atoms with Crippen LogP contribution in [-0.2, 0) is 19.5 Å². The van der Waals surface area contributed by atoms with Gasteiger partial charge < -0.3 is 19.7 Å². The molecule has 0 unspecified atom stereocenters. The molecule has 1 aromatic heterocycles. The number of ether oxygens (including phenoxy) is 2. The number of aromatic nitrogens is 2. The van der Waals surface area contributed by atoms with Gasteiger partial charge in [0.05, 0.1) is 20.8 Å². The molecule has 1 N–H and O–H groups in total. The van der Waals surface area contributed by atoms with E-state index in [9.17, 15) is 14.0 Å². The molecule has 0 aliphatic carbocycles. The minimum Gasteiger partial charge on any atom is -0.493 e. The second-order valence-electron chi connectivity index (χ2n) is 7.69. The van der Waals surface area contributed by atoms with E-state index in [1.165, 1.54) is 18.2 Å². The number of nitrogens with zero attached hydrogens (tertiary/aromatic N) is 3. The first kappa shape index (κ1) is 22.3. The lowest BCUT2D eigenvalue weighted by molar-refractivity contribution is 0.0682. The van der Waals surface area contributed by atoms with Crippen LogP contribution in [0.5, 0.6) is 11.5 Å². The van der Waals surface area contributed by atoms with E-state index >= 15 is 0 Å². The van der Waals surface area contributed by atoms with Crippen molar-refractivity contribution in [3.05, 3.63) is 76.9 Å². The van der Waals surface area contributed by atoms with E-state index in [0.29, 0.717) is 55.4 Å². The zero-order valence-corrected chi connectivity index (χ0v) is 18.5. The third kappa shape index (κ3) is 4.97. The second kappa shape index (κ2) is 9.72. The lowest BCUT2D eigenvalue weighted by Gasteiger charge is -2.27. The summed E-state index contributed by atoms with van der Waals surface area (Å²) in [5.74, 6) is 0.354. The average Bonchev–Trinajstić information content (AvgIpc) is 3.26. The highest BCUT2D eigenvalue weighted by Gasteiger charge is 2.28. The quantitative estimate of drug-likeness (QED) is 0.568. The molecule has 172 valence electrons. The van der Waals surface area contributed by atoms with Crippen LogP contribution in [0.15, 0.2) is 48.5 Å². The van der Waals surface area contributed by atoms with Crippen molar-refractivity contribution in [2.24, 2.45) is 0 Å². The predicted molar refractivity (Wildman–Crippen MR) is 119 cm³/mol. The average molecular weight is 452 g/mol. The van der Waals surface area contributed by atoms with Gasteiger partial charge in [-0.25, -0.2) is 4.39 Å². The van der Waals surface area contributed by atoms with Gasteiger partial charge in [-0.2, -0.15) is 5.10 Å². The Labute approximate surface area is 190 Å². The molecule has 33 heavy (non-hydrogen) atoms. The van der Waals surface area contributed by atoms with E-state index in [4.69, 9.17) is 9.47 Å². The first-order chi connectivity index (χ1) is 16.0. The molecule has 2 amide bonds. The summed E-state index contributed by atoms with van der Waals surface area (Å²) in [5.41, 5.74) is 2.24. The van der Waals surface area contributed by atoms with Crippen molar-refractivity contribution in [3.8, 4) is 11.5 Å². The minimum absolute atomic E-state index is 0.193. The zero-order chi connectivity index (χ0) is 23.4. The molecule has 3 aromatic rings. The number of fused-ring (bicyclic) bond motifs is 1. The van der Waals surface area contributed by atoms with Gasteiger partial charge in [0, 0.05) is 25.7 Å². The molecule has 0 saturated heterocycles. The van der Waals surface area contributed by atoms with Crippen LogP contribution in [0, 0.1) is 5.82 Å². The maximum Gasteiger partial charge on any atom is 0.272 e. The molecular formula is C24H25FN4O4. The van der Waals surface area contributed by atoms with Crippen LogP contribution in [0.3, 0.4) is 0 Å². The first-order valence-electron chi connectivity index (χ1n) is 10.6. The number of carbonyl (C=O) groups is 2. The standard InChI is InChI=1S/C24H25FN4O4/c1-32-21-7-6-16(13-22(21)33-2)8-9-26-23(30)19-14-20-24(31)28(10-11-29(20)27-19)15-17-4-3-5-18(25)12-17/h3-7,12-14H,8-11,15H2,1-2H3,(H,26,30). The van der Waals surface area contributed by atoms with E-state index in [1.54, 1.807) is 35.9 Å². The number of halogens is 1. The van der Waals surface area contributed by atoms with Crippen LogP contribution in [0.4, 0.5) is 4.39 Å². The molecule has 0 fully saturated rings. The lowest BCUT2D eigenvalue weighted by Crippen LogP contribution is -2.39. The number of hydrogen-bond donors (Lipinski definition) is 1. The van der Waals surface area contributed by atoms with Crippen LogP contribution >= 0.6 is 0 Å². The van der Waals surface area contributed by atoms with Gasteiger partial charge in [-0.05, 0) is 41.8 Å². The topological polar surface area (TPSA) is 85.7 Å². The number of rotatable bonds is 8. The monoisotopic (exact) mass is 452 g/mol. The van der Waals surface area contributed by atoms with Gasteiger partial charge in [-0.1, -0.05) is 18.2 Å². The molecule has 1 aliphatic rings. The van der Waals surface area contributed by atoms with Crippen molar-refractivity contribution in [2.45, 2.75) is 19.5 Å². The van der Waals surface area contributed by atoms with E-state index in [2.05, 4.69) is 10.4 Å². The largest absolute Gasteiger partial charge is 0.493 e. The first-order valence-corrected chi connectivity index (χ1v) is 10.6. The van der Waals surface area contributed by atoms with Crippen LogP contribution in [0.1, 0.15) is 32.1 Å². The Morgan fingerprint density at radius 3 is 2.64 bits per heavy atom. The maximum atomic E-state index is 13.5. The predicted octanol–water partition coefficient (Wildman–Crippen LogP) is 2.67. The van der Waals surface area contributed by atoms with E-state index in [1.807, 2.05) is 18.2 Å². The fraction of sp³-hybridized carbons (Fsp3) is 0.292. The third-order valence-corrected chi connectivity index (χ3v) is 5.51. The Morgan fingerprint density at radius 1 is 1.06 bits per heavy atom. The van der Waals surface area contributed by atoms with Crippen LogP contribution in [-0.4, -0.2) is 53.8 Å². The highest BCUT2D eigenvalue weighted by atomic mass is 19.1. The van der Waals surface area contributed by atoms with Crippen molar-refractivity contribution >= 4 is 11.8 Å². The summed E-state index contributed by atoms with van der Waals surface area (Å²) >= 11 is 0. The van der Waals surface area contributed by atoms with Crippen LogP contribution < -0.4 is 14.8 Å². The SMILES string of the molecule is COc1ccc(CCNC(=O)c2cc3n(n2)CCN(Cc2cccc(F)c2)C3=O)cc1OC. The maximum absolute atomic E-state index is 13.5. The summed E-state index contributed by atoms with van der Waals surface area (Å²) < 4.78 is 25.5. The number of amides is 2. The molecule has 2 aromatic carbocycles. The fourth-order valence-corrected chi connectivity index (χ4v) is 3.80. The van der Waals surface area contributed by atoms with Gasteiger partial charge >= 0.3 is 0 Å². The van der Waals surface area contributed by atoms with Crippen LogP contribution in [0.2, 0.25) is 0 Å². The molecule has 0 spiro atoms. The highest BCUT2D eigenvalue weighted by Crippen LogP contribution is 2.27. The number of hydrogen-bond acceptors (Lipinski definition) is 5. The molecule has 0 saturated carbocycles. The second-order valence-corrected chi connectivity index (χ2v) is 7.69. The Kier molecular flexibility index (Phi) is 6.58. The molecule has 0 radical (unpaired) electrons. The smallest absolute Gasteiger partial charge is 0.272 e. The van der Waals surface area contributed by atoms with Gasteiger partial charge in [0.15, 0.2) is 17.2 Å². The Morgan fingerprint density at radius 2 is 1.88 bits per heavy atom. The van der Waals surface area contributed by atoms with E-state index in [0.717, 1.165) is 5.56 Å². The van der Waals surface area contributed by atoms with E-state index in [-0.39, 0.29) is 23.3 Å². The molecule has 4 rings (SSSR count). The molecular weight excluding hydrogens is 427 g/mol. The Balaban J connectivity index is 1.36. The molecule has 2 heterocycles.